The minimum atomic E-state index is -1.11. The van der Waals surface area contributed by atoms with Crippen molar-refractivity contribution < 1.29 is 28.7 Å². The molecule has 3 atom stereocenters. The minimum Gasteiger partial charge on any atom is -0.388 e. The molecule has 1 aliphatic heterocycles. The van der Waals surface area contributed by atoms with Crippen molar-refractivity contribution in [1.82, 2.24) is 10.1 Å². The van der Waals surface area contributed by atoms with Crippen molar-refractivity contribution in [2.75, 3.05) is 20.3 Å². The van der Waals surface area contributed by atoms with Crippen molar-refractivity contribution in [2.24, 2.45) is 0 Å². The number of aromatic nitrogens is 1. The van der Waals surface area contributed by atoms with E-state index in [1.54, 1.807) is 6.07 Å². The molecule has 0 bridgehead atoms. The fourth-order valence-corrected chi connectivity index (χ4v) is 2.59. The Labute approximate surface area is 137 Å². The van der Waals surface area contributed by atoms with Crippen LogP contribution in [0.1, 0.15) is 10.6 Å². The second-order valence-electron chi connectivity index (χ2n) is 5.67. The van der Waals surface area contributed by atoms with Gasteiger partial charge in [0.1, 0.15) is 23.7 Å². The molecular weight excluding hydrogens is 319 g/mol. The van der Waals surface area contributed by atoms with Crippen LogP contribution in [-0.4, -0.2) is 64.7 Å². The van der Waals surface area contributed by atoms with Gasteiger partial charge in [-0.05, 0) is 12.1 Å². The lowest BCUT2D eigenvalue weighted by molar-refractivity contribution is -0.122. The van der Waals surface area contributed by atoms with Crippen LogP contribution >= 0.6 is 0 Å². The molecule has 0 saturated carbocycles. The molecule has 1 aromatic heterocycles. The van der Waals surface area contributed by atoms with E-state index in [0.29, 0.717) is 11.3 Å². The number of carbonyl (C=O) groups excluding carboxylic acids is 1. The van der Waals surface area contributed by atoms with Gasteiger partial charge in [-0.2, -0.15) is 0 Å². The Balaban J connectivity index is 1.78. The first-order valence-electron chi connectivity index (χ1n) is 7.41. The Hall–Kier alpha value is -2.29. The summed E-state index contributed by atoms with van der Waals surface area (Å²) in [6.45, 7) is 0.122. The van der Waals surface area contributed by atoms with Crippen molar-refractivity contribution in [3.63, 3.8) is 0 Å². The lowest BCUT2D eigenvalue weighted by atomic mass is 10.0. The van der Waals surface area contributed by atoms with Gasteiger partial charge in [-0.3, -0.25) is 4.79 Å². The summed E-state index contributed by atoms with van der Waals surface area (Å²) in [6, 6.07) is 6.46. The van der Waals surface area contributed by atoms with Crippen molar-refractivity contribution in [3.8, 4) is 11.3 Å². The molecule has 1 amide bonds. The molecule has 3 rings (SSSR count). The number of carbonyl (C=O) groups is 1. The van der Waals surface area contributed by atoms with E-state index >= 15 is 0 Å². The number of aliphatic hydroxyl groups is 2. The Morgan fingerprint density at radius 1 is 1.33 bits per heavy atom. The SMILES string of the molecule is CN(C(=O)c1cc(-c2cccc(F)c2)no1)[C@@H]1COC[C@@H](O)[C@H]1O. The maximum absolute atomic E-state index is 13.3. The number of likely N-dealkylation sites (N-methyl/N-ethyl adjacent to an activating group) is 1. The van der Waals surface area contributed by atoms with Crippen molar-refractivity contribution in [3.05, 3.63) is 41.9 Å². The minimum absolute atomic E-state index is 0.0196. The third-order valence-corrected chi connectivity index (χ3v) is 4.02. The number of nitrogens with zero attached hydrogens (tertiary/aromatic N) is 2. The Bertz CT molecular complexity index is 735. The Kier molecular flexibility index (Phi) is 4.61. The van der Waals surface area contributed by atoms with E-state index in [2.05, 4.69) is 5.16 Å². The van der Waals surface area contributed by atoms with Gasteiger partial charge in [0.2, 0.25) is 5.76 Å². The van der Waals surface area contributed by atoms with Crippen LogP contribution in [0.3, 0.4) is 0 Å². The Morgan fingerprint density at radius 3 is 2.88 bits per heavy atom. The van der Waals surface area contributed by atoms with Gasteiger partial charge < -0.3 is 24.4 Å². The van der Waals surface area contributed by atoms with Gasteiger partial charge in [-0.25, -0.2) is 4.39 Å². The van der Waals surface area contributed by atoms with Crippen LogP contribution in [-0.2, 0) is 4.74 Å². The first kappa shape index (κ1) is 16.6. The zero-order valence-corrected chi connectivity index (χ0v) is 12.9. The van der Waals surface area contributed by atoms with E-state index in [0.717, 1.165) is 0 Å². The van der Waals surface area contributed by atoms with Crippen molar-refractivity contribution in [1.29, 1.82) is 0 Å². The van der Waals surface area contributed by atoms with Gasteiger partial charge in [0, 0.05) is 18.7 Å². The average molecular weight is 336 g/mol. The summed E-state index contributed by atoms with van der Waals surface area (Å²) in [7, 11) is 1.47. The van der Waals surface area contributed by atoms with Crippen LogP contribution in [0.15, 0.2) is 34.9 Å². The highest BCUT2D eigenvalue weighted by Gasteiger charge is 2.37. The van der Waals surface area contributed by atoms with Crippen molar-refractivity contribution in [2.45, 2.75) is 18.2 Å². The lowest BCUT2D eigenvalue weighted by Gasteiger charge is -2.37. The van der Waals surface area contributed by atoms with Crippen LogP contribution in [0.2, 0.25) is 0 Å². The molecule has 1 fully saturated rings. The predicted molar refractivity (Wildman–Crippen MR) is 80.6 cm³/mol. The summed E-state index contributed by atoms with van der Waals surface area (Å²) < 4.78 is 23.5. The van der Waals surface area contributed by atoms with Gasteiger partial charge >= 0.3 is 0 Å². The highest BCUT2D eigenvalue weighted by atomic mass is 19.1. The molecule has 1 aromatic carbocycles. The summed E-state index contributed by atoms with van der Waals surface area (Å²) in [5, 5.41) is 23.4. The maximum atomic E-state index is 13.3. The molecule has 0 spiro atoms. The molecule has 24 heavy (non-hydrogen) atoms. The first-order chi connectivity index (χ1) is 11.5. The molecule has 128 valence electrons. The molecular formula is C16H17FN2O5. The molecule has 7 nitrogen and oxygen atoms in total. The first-order valence-corrected chi connectivity index (χ1v) is 7.41. The second kappa shape index (κ2) is 6.68. The summed E-state index contributed by atoms with van der Waals surface area (Å²) in [4.78, 5) is 13.7. The lowest BCUT2D eigenvalue weighted by Crippen LogP contribution is -2.56. The van der Waals surface area contributed by atoms with Gasteiger partial charge in [-0.1, -0.05) is 17.3 Å². The zero-order valence-electron chi connectivity index (χ0n) is 12.9. The van der Waals surface area contributed by atoms with E-state index in [1.807, 2.05) is 0 Å². The number of amides is 1. The molecule has 8 heteroatoms. The van der Waals surface area contributed by atoms with Crippen LogP contribution in [0.25, 0.3) is 11.3 Å². The van der Waals surface area contributed by atoms with Crippen LogP contribution in [0.5, 0.6) is 0 Å². The van der Waals surface area contributed by atoms with Gasteiger partial charge in [0.25, 0.3) is 5.91 Å². The summed E-state index contributed by atoms with van der Waals surface area (Å²) >= 11 is 0. The number of halogens is 1. The molecule has 2 aromatic rings. The monoisotopic (exact) mass is 336 g/mol. The fraction of sp³-hybridized carbons (Fsp3) is 0.375. The number of hydrogen-bond donors (Lipinski definition) is 2. The third kappa shape index (κ3) is 3.16. The largest absolute Gasteiger partial charge is 0.388 e. The summed E-state index contributed by atoms with van der Waals surface area (Å²) in [6.07, 6.45) is -2.17. The van der Waals surface area contributed by atoms with Gasteiger partial charge in [0.15, 0.2) is 0 Å². The van der Waals surface area contributed by atoms with Gasteiger partial charge in [0.05, 0.1) is 19.3 Å². The summed E-state index contributed by atoms with van der Waals surface area (Å²) in [5.41, 5.74) is 0.809. The zero-order chi connectivity index (χ0) is 17.3. The Morgan fingerprint density at radius 2 is 2.12 bits per heavy atom. The van der Waals surface area contributed by atoms with E-state index < -0.39 is 30.0 Å². The molecule has 2 heterocycles. The highest BCUT2D eigenvalue weighted by molar-refractivity contribution is 5.92. The van der Waals surface area contributed by atoms with Crippen LogP contribution in [0.4, 0.5) is 4.39 Å². The van der Waals surface area contributed by atoms with E-state index in [1.165, 1.54) is 36.2 Å². The second-order valence-corrected chi connectivity index (χ2v) is 5.67. The fourth-order valence-electron chi connectivity index (χ4n) is 2.59. The molecule has 0 unspecified atom stereocenters. The summed E-state index contributed by atoms with van der Waals surface area (Å²) in [5.74, 6) is -0.993. The standard InChI is InChI=1S/C16H17FN2O5/c1-19(12-7-23-8-13(20)15(12)21)16(22)14-6-11(18-24-14)9-3-2-4-10(17)5-9/h2-6,12-13,15,20-21H,7-8H2,1H3/t12-,13-,15+/m1/s1. The maximum Gasteiger partial charge on any atom is 0.292 e. The topological polar surface area (TPSA) is 96.0 Å². The molecule has 0 radical (unpaired) electrons. The average Bonchev–Trinajstić information content (AvgIpc) is 3.06. The van der Waals surface area contributed by atoms with Crippen LogP contribution in [0, 0.1) is 5.82 Å². The number of ether oxygens (including phenoxy) is 1. The molecule has 2 N–H and O–H groups in total. The van der Waals surface area contributed by atoms with Gasteiger partial charge in [-0.15, -0.1) is 0 Å². The number of rotatable bonds is 3. The van der Waals surface area contributed by atoms with E-state index in [-0.39, 0.29) is 19.0 Å². The molecule has 0 aliphatic carbocycles. The quantitative estimate of drug-likeness (QED) is 0.855. The van der Waals surface area contributed by atoms with Crippen LogP contribution < -0.4 is 0 Å². The predicted octanol–water partition coefficient (Wildman–Crippen LogP) is 0.673. The highest BCUT2D eigenvalue weighted by Crippen LogP contribution is 2.22. The number of aliphatic hydroxyl groups excluding tert-OH is 2. The molecule has 1 aliphatic rings. The third-order valence-electron chi connectivity index (χ3n) is 4.02. The normalized spacial score (nSPS) is 23.9. The number of hydrogen-bond acceptors (Lipinski definition) is 6. The van der Waals surface area contributed by atoms with E-state index in [4.69, 9.17) is 9.26 Å². The smallest absolute Gasteiger partial charge is 0.292 e. The van der Waals surface area contributed by atoms with E-state index in [9.17, 15) is 19.4 Å². The number of benzene rings is 1. The van der Waals surface area contributed by atoms with Crippen molar-refractivity contribution >= 4 is 5.91 Å². The molecule has 1 saturated heterocycles.